The fourth-order valence-electron chi connectivity index (χ4n) is 2.76. The highest BCUT2D eigenvalue weighted by Crippen LogP contribution is 2.40. The molecule has 0 fully saturated rings. The summed E-state index contributed by atoms with van der Waals surface area (Å²) < 4.78 is 10.2. The van der Waals surface area contributed by atoms with Crippen molar-refractivity contribution in [2.75, 3.05) is 14.2 Å². The SMILES string of the molecule is COc1cc(C[C@H](C)[C@@H](C)c2cc(O)c(O)c(OC)c2)ccc1O. The fraction of sp³-hybridized carbons (Fsp3) is 0.368. The summed E-state index contributed by atoms with van der Waals surface area (Å²) in [5.41, 5.74) is 1.94. The molecule has 24 heavy (non-hydrogen) atoms. The maximum absolute atomic E-state index is 9.86. The van der Waals surface area contributed by atoms with E-state index < -0.39 is 0 Å². The third-order valence-electron chi connectivity index (χ3n) is 4.48. The first-order chi connectivity index (χ1) is 11.4. The van der Waals surface area contributed by atoms with Crippen LogP contribution < -0.4 is 9.47 Å². The van der Waals surface area contributed by atoms with Crippen molar-refractivity contribution in [2.45, 2.75) is 26.2 Å². The summed E-state index contributed by atoms with van der Waals surface area (Å²) in [6.45, 7) is 4.17. The molecule has 2 atom stereocenters. The summed E-state index contributed by atoms with van der Waals surface area (Å²) in [7, 11) is 2.98. The van der Waals surface area contributed by atoms with Crippen molar-refractivity contribution >= 4 is 0 Å². The van der Waals surface area contributed by atoms with Crippen LogP contribution in [-0.2, 0) is 6.42 Å². The third kappa shape index (κ3) is 3.67. The maximum atomic E-state index is 9.86. The minimum atomic E-state index is -0.246. The number of hydrogen-bond donors (Lipinski definition) is 3. The summed E-state index contributed by atoms with van der Waals surface area (Å²) >= 11 is 0. The minimum Gasteiger partial charge on any atom is -0.504 e. The fourth-order valence-corrected chi connectivity index (χ4v) is 2.76. The Morgan fingerprint density at radius 3 is 2.17 bits per heavy atom. The molecule has 0 aliphatic rings. The van der Waals surface area contributed by atoms with E-state index in [9.17, 15) is 15.3 Å². The minimum absolute atomic E-state index is 0.121. The Kier molecular flexibility index (Phi) is 5.44. The molecular weight excluding hydrogens is 308 g/mol. The molecule has 2 aromatic rings. The van der Waals surface area contributed by atoms with Gasteiger partial charge in [0.2, 0.25) is 5.75 Å². The largest absolute Gasteiger partial charge is 0.504 e. The molecule has 130 valence electrons. The van der Waals surface area contributed by atoms with E-state index in [1.54, 1.807) is 18.2 Å². The highest BCUT2D eigenvalue weighted by molar-refractivity contribution is 5.52. The third-order valence-corrected chi connectivity index (χ3v) is 4.48. The second-order valence-electron chi connectivity index (χ2n) is 6.07. The Morgan fingerprint density at radius 1 is 0.875 bits per heavy atom. The van der Waals surface area contributed by atoms with Crippen molar-refractivity contribution < 1.29 is 24.8 Å². The van der Waals surface area contributed by atoms with Gasteiger partial charge in [0, 0.05) is 0 Å². The van der Waals surface area contributed by atoms with Crippen LogP contribution in [-0.4, -0.2) is 29.5 Å². The summed E-state index contributed by atoms with van der Waals surface area (Å²) in [6.07, 6.45) is 0.780. The molecule has 0 saturated carbocycles. The van der Waals surface area contributed by atoms with Gasteiger partial charge in [0.15, 0.2) is 23.0 Å². The number of rotatable bonds is 6. The van der Waals surface area contributed by atoms with Crippen LogP contribution in [0.4, 0.5) is 0 Å². The van der Waals surface area contributed by atoms with E-state index in [1.165, 1.54) is 14.2 Å². The van der Waals surface area contributed by atoms with Crippen LogP contribution in [0, 0.1) is 5.92 Å². The van der Waals surface area contributed by atoms with Crippen molar-refractivity contribution in [3.63, 3.8) is 0 Å². The van der Waals surface area contributed by atoms with Gasteiger partial charge in [0.1, 0.15) is 0 Å². The highest BCUT2D eigenvalue weighted by atomic mass is 16.5. The van der Waals surface area contributed by atoms with E-state index in [4.69, 9.17) is 9.47 Å². The van der Waals surface area contributed by atoms with E-state index in [0.717, 1.165) is 17.5 Å². The number of ether oxygens (including phenoxy) is 2. The van der Waals surface area contributed by atoms with Crippen molar-refractivity contribution in [3.8, 4) is 28.7 Å². The lowest BCUT2D eigenvalue weighted by atomic mass is 9.84. The quantitative estimate of drug-likeness (QED) is 0.701. The van der Waals surface area contributed by atoms with E-state index >= 15 is 0 Å². The topological polar surface area (TPSA) is 79.2 Å². The van der Waals surface area contributed by atoms with Gasteiger partial charge in [-0.05, 0) is 53.6 Å². The van der Waals surface area contributed by atoms with E-state index in [0.29, 0.717) is 5.75 Å². The highest BCUT2D eigenvalue weighted by Gasteiger charge is 2.19. The first-order valence-corrected chi connectivity index (χ1v) is 7.83. The van der Waals surface area contributed by atoms with E-state index in [1.807, 2.05) is 12.1 Å². The van der Waals surface area contributed by atoms with Crippen molar-refractivity contribution in [1.29, 1.82) is 0 Å². The Balaban J connectivity index is 2.20. The molecule has 0 unspecified atom stereocenters. The normalized spacial score (nSPS) is 13.3. The number of phenolic OH excluding ortho intramolecular Hbond substituents is 3. The number of hydrogen-bond acceptors (Lipinski definition) is 5. The number of phenols is 3. The molecule has 0 aromatic heterocycles. The molecule has 0 bridgehead atoms. The molecule has 0 aliphatic heterocycles. The lowest BCUT2D eigenvalue weighted by Gasteiger charge is -2.22. The molecular formula is C19H24O5. The van der Waals surface area contributed by atoms with Gasteiger partial charge < -0.3 is 24.8 Å². The molecule has 0 saturated heterocycles. The van der Waals surface area contributed by atoms with Crippen LogP contribution in [0.5, 0.6) is 28.7 Å². The smallest absolute Gasteiger partial charge is 0.200 e. The van der Waals surface area contributed by atoms with Gasteiger partial charge in [-0.25, -0.2) is 0 Å². The number of aromatic hydroxyl groups is 3. The van der Waals surface area contributed by atoms with Gasteiger partial charge in [-0.1, -0.05) is 19.9 Å². The van der Waals surface area contributed by atoms with Crippen LogP contribution >= 0.6 is 0 Å². The van der Waals surface area contributed by atoms with Crippen LogP contribution in [0.25, 0.3) is 0 Å². The molecule has 0 aliphatic carbocycles. The van der Waals surface area contributed by atoms with Crippen LogP contribution in [0.3, 0.4) is 0 Å². The first-order valence-electron chi connectivity index (χ1n) is 7.83. The van der Waals surface area contributed by atoms with Gasteiger partial charge in [-0.3, -0.25) is 0 Å². The summed E-state index contributed by atoms with van der Waals surface area (Å²) in [6, 6.07) is 8.63. The Morgan fingerprint density at radius 2 is 1.54 bits per heavy atom. The average molecular weight is 332 g/mol. The molecule has 2 rings (SSSR count). The van der Waals surface area contributed by atoms with Crippen LogP contribution in [0.2, 0.25) is 0 Å². The van der Waals surface area contributed by atoms with Crippen LogP contribution in [0.1, 0.15) is 30.9 Å². The monoisotopic (exact) mass is 332 g/mol. The zero-order valence-electron chi connectivity index (χ0n) is 14.4. The molecule has 5 nitrogen and oxygen atoms in total. The van der Waals surface area contributed by atoms with Gasteiger partial charge in [0.05, 0.1) is 14.2 Å². The Labute approximate surface area is 142 Å². The Bertz CT molecular complexity index is 711. The van der Waals surface area contributed by atoms with Crippen molar-refractivity contribution in [2.24, 2.45) is 5.92 Å². The van der Waals surface area contributed by atoms with E-state index in [2.05, 4.69) is 13.8 Å². The second kappa shape index (κ2) is 7.34. The molecule has 3 N–H and O–H groups in total. The first kappa shape index (κ1) is 17.8. The molecule has 5 heteroatoms. The number of benzene rings is 2. The maximum Gasteiger partial charge on any atom is 0.200 e. The second-order valence-corrected chi connectivity index (χ2v) is 6.07. The van der Waals surface area contributed by atoms with Gasteiger partial charge in [0.25, 0.3) is 0 Å². The lowest BCUT2D eigenvalue weighted by Crippen LogP contribution is -2.10. The van der Waals surface area contributed by atoms with Gasteiger partial charge in [-0.2, -0.15) is 0 Å². The van der Waals surface area contributed by atoms with Crippen molar-refractivity contribution in [1.82, 2.24) is 0 Å². The van der Waals surface area contributed by atoms with E-state index in [-0.39, 0.29) is 34.8 Å². The lowest BCUT2D eigenvalue weighted by molar-refractivity contribution is 0.348. The average Bonchev–Trinajstić information content (AvgIpc) is 2.58. The van der Waals surface area contributed by atoms with Gasteiger partial charge in [-0.15, -0.1) is 0 Å². The van der Waals surface area contributed by atoms with Gasteiger partial charge >= 0.3 is 0 Å². The predicted octanol–water partition coefficient (Wildman–Crippen LogP) is 3.80. The summed E-state index contributed by atoms with van der Waals surface area (Å²) in [5, 5.41) is 29.3. The predicted molar refractivity (Wildman–Crippen MR) is 92.3 cm³/mol. The van der Waals surface area contributed by atoms with Crippen LogP contribution in [0.15, 0.2) is 30.3 Å². The molecule has 0 amide bonds. The molecule has 0 heterocycles. The molecule has 2 aromatic carbocycles. The molecule has 0 radical (unpaired) electrons. The summed E-state index contributed by atoms with van der Waals surface area (Å²) in [5.74, 6) is 0.791. The standard InChI is InChI=1S/C19H24O5/c1-11(7-13-5-6-15(20)17(8-13)23-3)12(2)14-9-16(21)19(22)18(10-14)24-4/h5-6,8-12,20-22H,7H2,1-4H3/t11-,12+/m0/s1. The Hall–Kier alpha value is -2.56. The summed E-state index contributed by atoms with van der Waals surface area (Å²) in [4.78, 5) is 0. The van der Waals surface area contributed by atoms with Crippen molar-refractivity contribution in [3.05, 3.63) is 41.5 Å². The zero-order chi connectivity index (χ0) is 17.9. The molecule has 0 spiro atoms. The zero-order valence-corrected chi connectivity index (χ0v) is 14.4. The number of methoxy groups -OCH3 is 2.